The average molecular weight is 385 g/mol. The van der Waals surface area contributed by atoms with Crippen LogP contribution in [0.1, 0.15) is 39.9 Å². The summed E-state index contributed by atoms with van der Waals surface area (Å²) in [6.07, 6.45) is 1.44. The van der Waals surface area contributed by atoms with E-state index in [4.69, 9.17) is 16.7 Å². The Bertz CT molecular complexity index is 966. The number of nitrogens with zero attached hydrogens (tertiary/aromatic N) is 3. The molecule has 27 heavy (non-hydrogen) atoms. The molecule has 0 spiro atoms. The second kappa shape index (κ2) is 8.01. The highest BCUT2D eigenvalue weighted by molar-refractivity contribution is 6.30. The summed E-state index contributed by atoms with van der Waals surface area (Å²) >= 11 is 5.93. The molecule has 7 nitrogen and oxygen atoms in total. The van der Waals surface area contributed by atoms with Gasteiger partial charge in [-0.3, -0.25) is 4.79 Å². The van der Waals surface area contributed by atoms with Gasteiger partial charge in [0.25, 0.3) is 5.91 Å². The van der Waals surface area contributed by atoms with Crippen LogP contribution in [0.5, 0.6) is 0 Å². The maximum atomic E-state index is 12.7. The summed E-state index contributed by atoms with van der Waals surface area (Å²) < 4.78 is 1.63. The van der Waals surface area contributed by atoms with Crippen LogP contribution in [0.25, 0.3) is 5.69 Å². The molecule has 0 unspecified atom stereocenters. The number of hydrogen-bond acceptors (Lipinski definition) is 4. The number of carbonyl (C=O) groups excluding carboxylic acids is 1. The molecule has 2 aromatic carbocycles. The van der Waals surface area contributed by atoms with Gasteiger partial charge in [-0.05, 0) is 55.0 Å². The predicted octanol–water partition coefficient (Wildman–Crippen LogP) is 3.82. The molecule has 2 N–H and O–H groups in total. The number of aromatic carboxylic acids is 1. The third-order valence-corrected chi connectivity index (χ3v) is 4.18. The molecule has 0 radical (unpaired) electrons. The predicted molar refractivity (Wildman–Crippen MR) is 102 cm³/mol. The maximum Gasteiger partial charge on any atom is 0.335 e. The Morgan fingerprint density at radius 3 is 2.37 bits per heavy atom. The first-order valence-electron chi connectivity index (χ1n) is 8.35. The first kappa shape index (κ1) is 18.6. The van der Waals surface area contributed by atoms with Gasteiger partial charge in [0, 0.05) is 10.7 Å². The Balaban J connectivity index is 1.88. The number of benzene rings is 2. The fourth-order valence-corrected chi connectivity index (χ4v) is 2.74. The topological polar surface area (TPSA) is 97.1 Å². The van der Waals surface area contributed by atoms with Gasteiger partial charge in [-0.25, -0.2) is 9.48 Å². The summed E-state index contributed by atoms with van der Waals surface area (Å²) in [5.41, 5.74) is 2.32. The van der Waals surface area contributed by atoms with Crippen molar-refractivity contribution in [2.75, 3.05) is 5.32 Å². The zero-order valence-electron chi connectivity index (χ0n) is 14.5. The average Bonchev–Trinajstić information content (AvgIpc) is 3.07. The summed E-state index contributed by atoms with van der Waals surface area (Å²) in [5, 5.41) is 20.4. The Hall–Kier alpha value is -3.19. The van der Waals surface area contributed by atoms with E-state index in [-0.39, 0.29) is 11.3 Å². The first-order valence-corrected chi connectivity index (χ1v) is 8.72. The van der Waals surface area contributed by atoms with Crippen molar-refractivity contribution in [2.24, 2.45) is 0 Å². The molecule has 8 heteroatoms. The lowest BCUT2D eigenvalue weighted by Crippen LogP contribution is -2.15. The number of carboxylic acid groups (broad SMARTS) is 1. The van der Waals surface area contributed by atoms with Gasteiger partial charge in [0.15, 0.2) is 5.69 Å². The first-order chi connectivity index (χ1) is 13.0. The largest absolute Gasteiger partial charge is 0.478 e. The highest BCUT2D eigenvalue weighted by atomic mass is 35.5. The second-order valence-electron chi connectivity index (χ2n) is 5.86. The maximum absolute atomic E-state index is 12.7. The van der Waals surface area contributed by atoms with Crippen LogP contribution in [0.4, 0.5) is 5.69 Å². The smallest absolute Gasteiger partial charge is 0.335 e. The van der Waals surface area contributed by atoms with E-state index >= 15 is 0 Å². The summed E-state index contributed by atoms with van der Waals surface area (Å²) in [6.45, 7) is 2.01. The van der Waals surface area contributed by atoms with Gasteiger partial charge in [-0.1, -0.05) is 30.2 Å². The van der Waals surface area contributed by atoms with Crippen LogP contribution in [0.15, 0.2) is 48.5 Å². The monoisotopic (exact) mass is 384 g/mol. The minimum Gasteiger partial charge on any atom is -0.478 e. The van der Waals surface area contributed by atoms with Gasteiger partial charge >= 0.3 is 5.97 Å². The van der Waals surface area contributed by atoms with Gasteiger partial charge in [0.05, 0.1) is 16.9 Å². The molecule has 3 aromatic rings. The fourth-order valence-electron chi connectivity index (χ4n) is 2.62. The highest BCUT2D eigenvalue weighted by Gasteiger charge is 2.20. The Morgan fingerprint density at radius 2 is 1.78 bits per heavy atom. The zero-order valence-corrected chi connectivity index (χ0v) is 15.3. The van der Waals surface area contributed by atoms with Gasteiger partial charge in [0.1, 0.15) is 0 Å². The molecule has 1 amide bonds. The number of rotatable bonds is 6. The number of carboxylic acids is 1. The van der Waals surface area contributed by atoms with E-state index in [1.165, 1.54) is 24.3 Å². The molecule has 0 aliphatic carbocycles. The minimum atomic E-state index is -1.02. The summed E-state index contributed by atoms with van der Waals surface area (Å²) in [6, 6.07) is 13.0. The van der Waals surface area contributed by atoms with Crippen LogP contribution in [-0.2, 0) is 6.42 Å². The van der Waals surface area contributed by atoms with Crippen molar-refractivity contribution in [3.05, 3.63) is 70.5 Å². The lowest BCUT2D eigenvalue weighted by molar-refractivity contribution is 0.0696. The molecule has 0 saturated heterocycles. The highest BCUT2D eigenvalue weighted by Crippen LogP contribution is 2.19. The molecular formula is C19H17ClN4O3. The third kappa shape index (κ3) is 4.15. The number of anilines is 1. The fraction of sp³-hybridized carbons (Fsp3) is 0.158. The van der Waals surface area contributed by atoms with E-state index in [0.29, 0.717) is 22.8 Å². The van der Waals surface area contributed by atoms with Crippen molar-refractivity contribution in [1.29, 1.82) is 0 Å². The molecule has 0 aliphatic heterocycles. The van der Waals surface area contributed by atoms with Crippen molar-refractivity contribution < 1.29 is 14.7 Å². The molecule has 1 heterocycles. The van der Waals surface area contributed by atoms with Gasteiger partial charge in [-0.15, -0.1) is 5.10 Å². The van der Waals surface area contributed by atoms with Crippen molar-refractivity contribution in [1.82, 2.24) is 15.0 Å². The van der Waals surface area contributed by atoms with Crippen LogP contribution >= 0.6 is 11.6 Å². The van der Waals surface area contributed by atoms with Crippen LogP contribution < -0.4 is 5.32 Å². The second-order valence-corrected chi connectivity index (χ2v) is 6.30. The van der Waals surface area contributed by atoms with E-state index in [1.807, 2.05) is 19.1 Å². The Labute approximate surface area is 160 Å². The number of nitrogens with one attached hydrogen (secondary N) is 1. The van der Waals surface area contributed by atoms with Crippen LogP contribution in [0, 0.1) is 0 Å². The summed E-state index contributed by atoms with van der Waals surface area (Å²) in [5.74, 6) is -1.43. The van der Waals surface area contributed by atoms with E-state index in [0.717, 1.165) is 12.1 Å². The molecular weight excluding hydrogens is 368 g/mol. The number of aromatic nitrogens is 3. The SMILES string of the molecule is CCCc1c(C(=O)Nc2ccc(C(=O)O)cc2)nnn1-c1ccc(Cl)cc1. The normalized spacial score (nSPS) is 10.6. The third-order valence-electron chi connectivity index (χ3n) is 3.93. The zero-order chi connectivity index (χ0) is 19.4. The molecule has 0 atom stereocenters. The molecule has 138 valence electrons. The molecule has 3 rings (SSSR count). The van der Waals surface area contributed by atoms with Gasteiger partial charge in [-0.2, -0.15) is 0 Å². The standard InChI is InChI=1S/C19H17ClN4O3/c1-2-3-16-17(22-23-24(16)15-10-6-13(20)7-11-15)18(25)21-14-8-4-12(5-9-14)19(26)27/h4-11H,2-3H2,1H3,(H,21,25)(H,26,27). The van der Waals surface area contributed by atoms with Crippen molar-refractivity contribution in [2.45, 2.75) is 19.8 Å². The molecule has 0 bridgehead atoms. The Kier molecular flexibility index (Phi) is 5.52. The van der Waals surface area contributed by atoms with E-state index in [1.54, 1.807) is 16.8 Å². The van der Waals surface area contributed by atoms with E-state index in [9.17, 15) is 9.59 Å². The Morgan fingerprint density at radius 1 is 1.11 bits per heavy atom. The molecule has 1 aromatic heterocycles. The van der Waals surface area contributed by atoms with Crippen molar-refractivity contribution in [3.63, 3.8) is 0 Å². The molecule has 0 fully saturated rings. The van der Waals surface area contributed by atoms with Crippen molar-refractivity contribution >= 4 is 29.2 Å². The lowest BCUT2D eigenvalue weighted by Gasteiger charge is -2.08. The van der Waals surface area contributed by atoms with Crippen LogP contribution in [0.3, 0.4) is 0 Å². The summed E-state index contributed by atoms with van der Waals surface area (Å²) in [7, 11) is 0. The van der Waals surface area contributed by atoms with Crippen LogP contribution in [0.2, 0.25) is 5.02 Å². The lowest BCUT2D eigenvalue weighted by atomic mass is 10.1. The van der Waals surface area contributed by atoms with Gasteiger partial charge < -0.3 is 10.4 Å². The summed E-state index contributed by atoms with van der Waals surface area (Å²) in [4.78, 5) is 23.6. The molecule has 0 saturated carbocycles. The number of halogens is 1. The minimum absolute atomic E-state index is 0.147. The van der Waals surface area contributed by atoms with E-state index in [2.05, 4.69) is 15.6 Å². The van der Waals surface area contributed by atoms with E-state index < -0.39 is 11.9 Å². The quantitative estimate of drug-likeness (QED) is 0.673. The number of carbonyl (C=O) groups is 2. The number of hydrogen-bond donors (Lipinski definition) is 2. The van der Waals surface area contributed by atoms with Crippen LogP contribution in [-0.4, -0.2) is 32.0 Å². The van der Waals surface area contributed by atoms with Gasteiger partial charge in [0.2, 0.25) is 0 Å². The van der Waals surface area contributed by atoms with Crippen molar-refractivity contribution in [3.8, 4) is 5.69 Å². The number of amides is 1. The molecule has 0 aliphatic rings.